The smallest absolute Gasteiger partial charge is 0.253 e. The number of piperazine rings is 1. The van der Waals surface area contributed by atoms with Gasteiger partial charge < -0.3 is 19.3 Å². The lowest BCUT2D eigenvalue weighted by molar-refractivity contribution is -0.133. The fraction of sp³-hybridized carbons (Fsp3) is 0.619. The summed E-state index contributed by atoms with van der Waals surface area (Å²) in [4.78, 5) is 31.3. The van der Waals surface area contributed by atoms with Crippen molar-refractivity contribution in [2.75, 3.05) is 59.6 Å². The Morgan fingerprint density at radius 3 is 2.21 bits per heavy atom. The monoisotopic (exact) mass is 389 g/mol. The van der Waals surface area contributed by atoms with Gasteiger partial charge in [-0.1, -0.05) is 0 Å². The number of hydrogen-bond acceptors (Lipinski definition) is 5. The van der Waals surface area contributed by atoms with Crippen molar-refractivity contribution in [3.05, 3.63) is 29.8 Å². The minimum absolute atomic E-state index is 0.00990. The minimum atomic E-state index is 0.00990. The molecule has 2 aliphatic rings. The van der Waals surface area contributed by atoms with Gasteiger partial charge in [-0.15, -0.1) is 0 Å². The van der Waals surface area contributed by atoms with E-state index < -0.39 is 0 Å². The summed E-state index contributed by atoms with van der Waals surface area (Å²) in [6.07, 6.45) is 1.43. The Morgan fingerprint density at radius 1 is 1.00 bits per heavy atom. The van der Waals surface area contributed by atoms with Crippen LogP contribution in [0, 0.1) is 0 Å². The van der Waals surface area contributed by atoms with Crippen molar-refractivity contribution in [3.63, 3.8) is 0 Å². The molecule has 1 aromatic carbocycles. The largest absolute Gasteiger partial charge is 0.497 e. The third kappa shape index (κ3) is 5.23. The molecule has 7 heteroatoms. The molecule has 0 spiro atoms. The minimum Gasteiger partial charge on any atom is -0.497 e. The predicted molar refractivity (Wildman–Crippen MR) is 107 cm³/mol. The molecule has 2 aliphatic heterocycles. The zero-order chi connectivity index (χ0) is 19.9. The molecule has 2 heterocycles. The first-order chi connectivity index (χ1) is 13.6. The van der Waals surface area contributed by atoms with E-state index in [0.29, 0.717) is 44.2 Å². The van der Waals surface area contributed by atoms with Gasteiger partial charge in [0.05, 0.1) is 20.3 Å². The van der Waals surface area contributed by atoms with Crippen LogP contribution in [0.2, 0.25) is 0 Å². The van der Waals surface area contributed by atoms with Crippen molar-refractivity contribution < 1.29 is 19.1 Å². The molecule has 28 heavy (non-hydrogen) atoms. The van der Waals surface area contributed by atoms with E-state index in [2.05, 4.69) is 11.8 Å². The molecule has 0 aliphatic carbocycles. The molecule has 3 rings (SSSR count). The van der Waals surface area contributed by atoms with Gasteiger partial charge in [-0.2, -0.15) is 0 Å². The molecule has 1 atom stereocenters. The molecule has 0 radical (unpaired) electrons. The van der Waals surface area contributed by atoms with E-state index in [0.717, 1.165) is 38.5 Å². The van der Waals surface area contributed by atoms with Crippen molar-refractivity contribution in [2.24, 2.45) is 0 Å². The van der Waals surface area contributed by atoms with Crippen LogP contribution in [0.5, 0.6) is 5.75 Å². The highest BCUT2D eigenvalue weighted by atomic mass is 16.5. The van der Waals surface area contributed by atoms with Gasteiger partial charge in [0, 0.05) is 57.3 Å². The summed E-state index contributed by atoms with van der Waals surface area (Å²) in [5, 5.41) is 0. The summed E-state index contributed by atoms with van der Waals surface area (Å²) in [7, 11) is 1.61. The molecule has 1 unspecified atom stereocenters. The van der Waals surface area contributed by atoms with Gasteiger partial charge in [-0.05, 0) is 37.6 Å². The molecule has 0 aromatic heterocycles. The van der Waals surface area contributed by atoms with Crippen molar-refractivity contribution in [1.82, 2.24) is 14.7 Å². The van der Waals surface area contributed by atoms with Crippen molar-refractivity contribution >= 4 is 11.8 Å². The lowest BCUT2D eigenvalue weighted by Gasteiger charge is -2.36. The van der Waals surface area contributed by atoms with Crippen LogP contribution in [0.1, 0.15) is 30.1 Å². The van der Waals surface area contributed by atoms with Crippen molar-refractivity contribution in [1.29, 1.82) is 0 Å². The van der Waals surface area contributed by atoms with Crippen molar-refractivity contribution in [2.45, 2.75) is 25.8 Å². The molecule has 2 saturated heterocycles. The van der Waals surface area contributed by atoms with Crippen LogP contribution >= 0.6 is 0 Å². The second-order valence-electron chi connectivity index (χ2n) is 7.44. The lowest BCUT2D eigenvalue weighted by Crippen LogP contribution is -2.50. The summed E-state index contributed by atoms with van der Waals surface area (Å²) in [6.45, 7) is 8.00. The van der Waals surface area contributed by atoms with Crippen LogP contribution in [0.4, 0.5) is 0 Å². The maximum atomic E-state index is 12.6. The van der Waals surface area contributed by atoms with Gasteiger partial charge in [0.1, 0.15) is 5.75 Å². The fourth-order valence-corrected chi connectivity index (χ4v) is 3.77. The van der Waals surface area contributed by atoms with Crippen LogP contribution in [-0.2, 0) is 9.53 Å². The summed E-state index contributed by atoms with van der Waals surface area (Å²) in [5.74, 6) is 0.936. The number of rotatable bonds is 6. The van der Waals surface area contributed by atoms with Crippen molar-refractivity contribution in [3.8, 4) is 5.75 Å². The number of methoxy groups -OCH3 is 1. The van der Waals surface area contributed by atoms with E-state index in [-0.39, 0.29) is 11.8 Å². The number of amides is 2. The topological polar surface area (TPSA) is 62.3 Å². The van der Waals surface area contributed by atoms with Gasteiger partial charge in [0.2, 0.25) is 5.91 Å². The van der Waals surface area contributed by atoms with Gasteiger partial charge >= 0.3 is 0 Å². The van der Waals surface area contributed by atoms with Gasteiger partial charge in [-0.25, -0.2) is 0 Å². The predicted octanol–water partition coefficient (Wildman–Crippen LogP) is 1.48. The first kappa shape index (κ1) is 20.6. The van der Waals surface area contributed by atoms with Crippen LogP contribution in [0.25, 0.3) is 0 Å². The Kier molecular flexibility index (Phi) is 7.28. The number of ether oxygens (including phenoxy) is 2. The number of benzene rings is 1. The Hall–Kier alpha value is -2.12. The van der Waals surface area contributed by atoms with E-state index >= 15 is 0 Å². The second-order valence-corrected chi connectivity index (χ2v) is 7.44. The van der Waals surface area contributed by atoms with E-state index in [4.69, 9.17) is 9.47 Å². The molecular weight excluding hydrogens is 358 g/mol. The highest BCUT2D eigenvalue weighted by Crippen LogP contribution is 2.15. The molecule has 154 valence electrons. The molecule has 7 nitrogen and oxygen atoms in total. The number of carbonyl (C=O) groups is 2. The van der Waals surface area contributed by atoms with Crippen LogP contribution in [0.3, 0.4) is 0 Å². The Balaban J connectivity index is 1.42. The third-order valence-electron chi connectivity index (χ3n) is 5.70. The van der Waals surface area contributed by atoms with E-state index in [1.165, 1.54) is 0 Å². The Labute approximate surface area is 167 Å². The Morgan fingerprint density at radius 2 is 1.61 bits per heavy atom. The summed E-state index contributed by atoms with van der Waals surface area (Å²) < 4.78 is 10.5. The molecule has 2 fully saturated rings. The average molecular weight is 389 g/mol. The van der Waals surface area contributed by atoms with Crippen LogP contribution in [0.15, 0.2) is 24.3 Å². The van der Waals surface area contributed by atoms with Crippen LogP contribution in [-0.4, -0.2) is 92.1 Å². The summed E-state index contributed by atoms with van der Waals surface area (Å²) >= 11 is 0. The average Bonchev–Trinajstić information content (AvgIpc) is 2.77. The van der Waals surface area contributed by atoms with E-state index in [1.807, 2.05) is 9.80 Å². The molecule has 2 amide bonds. The maximum Gasteiger partial charge on any atom is 0.253 e. The normalized spacial score (nSPS) is 19.4. The second kappa shape index (κ2) is 9.89. The SMILES string of the molecule is COc1ccc(C(=O)N2CCN(C(=O)CCC(C)N3CCOCC3)CC2)cc1. The first-order valence-electron chi connectivity index (χ1n) is 10.1. The molecular formula is C21H31N3O4. The van der Waals surface area contributed by atoms with Gasteiger partial charge in [0.25, 0.3) is 5.91 Å². The van der Waals surface area contributed by atoms with Crippen LogP contribution < -0.4 is 4.74 Å². The number of hydrogen-bond donors (Lipinski definition) is 0. The quantitative estimate of drug-likeness (QED) is 0.738. The first-order valence-corrected chi connectivity index (χ1v) is 10.1. The third-order valence-corrected chi connectivity index (χ3v) is 5.70. The molecule has 1 aromatic rings. The number of morpholine rings is 1. The lowest BCUT2D eigenvalue weighted by atomic mass is 10.1. The highest BCUT2D eigenvalue weighted by Gasteiger charge is 2.25. The fourth-order valence-electron chi connectivity index (χ4n) is 3.77. The Bertz CT molecular complexity index is 650. The summed E-state index contributed by atoms with van der Waals surface area (Å²) in [5.41, 5.74) is 0.653. The van der Waals surface area contributed by atoms with Gasteiger partial charge in [0.15, 0.2) is 0 Å². The number of nitrogens with zero attached hydrogens (tertiary/aromatic N) is 3. The molecule has 0 N–H and O–H groups in total. The van der Waals surface area contributed by atoms with E-state index in [9.17, 15) is 9.59 Å². The highest BCUT2D eigenvalue weighted by molar-refractivity contribution is 5.94. The maximum absolute atomic E-state index is 12.6. The zero-order valence-electron chi connectivity index (χ0n) is 16.9. The summed E-state index contributed by atoms with van der Waals surface area (Å²) in [6, 6.07) is 7.55. The molecule has 0 bridgehead atoms. The zero-order valence-corrected chi connectivity index (χ0v) is 16.9. The van der Waals surface area contributed by atoms with Gasteiger partial charge in [-0.3, -0.25) is 14.5 Å². The molecule has 0 saturated carbocycles. The standard InChI is InChI=1S/C21H31N3O4/c1-17(22-13-15-28-16-14-22)3-8-20(25)23-9-11-24(12-10-23)21(26)18-4-6-19(27-2)7-5-18/h4-7,17H,3,8-16H2,1-2H3. The number of carbonyl (C=O) groups excluding carboxylic acids is 2. The van der Waals surface area contributed by atoms with E-state index in [1.54, 1.807) is 31.4 Å².